The number of oxazole rings is 1. The Hall–Kier alpha value is -2.98. The highest BCUT2D eigenvalue weighted by molar-refractivity contribution is 6.34. The van der Waals surface area contributed by atoms with E-state index in [4.69, 9.17) is 16.0 Å². The van der Waals surface area contributed by atoms with E-state index in [1.54, 1.807) is 12.1 Å². The maximum absolute atomic E-state index is 12.8. The smallest absolute Gasteiger partial charge is 0.423 e. The van der Waals surface area contributed by atoms with Crippen LogP contribution in [0, 0.1) is 11.8 Å². The lowest BCUT2D eigenvalue weighted by Gasteiger charge is -2.33. The number of hydrogen-bond acceptors (Lipinski definition) is 6. The minimum absolute atomic E-state index is 0.0736. The Bertz CT molecular complexity index is 1270. The second-order valence-electron chi connectivity index (χ2n) is 10.1. The van der Waals surface area contributed by atoms with Gasteiger partial charge in [0.1, 0.15) is 11.3 Å². The van der Waals surface area contributed by atoms with Crippen LogP contribution in [0.5, 0.6) is 5.75 Å². The lowest BCUT2D eigenvalue weighted by atomic mass is 9.85. The fourth-order valence-electron chi connectivity index (χ4n) is 5.37. The maximum Gasteiger partial charge on any atom is 0.573 e. The molecule has 2 N–H and O–H groups in total. The zero-order chi connectivity index (χ0) is 26.9. The Morgan fingerprint density at radius 2 is 1.89 bits per heavy atom. The molecule has 1 saturated carbocycles. The first kappa shape index (κ1) is 26.6. The number of carbonyl (C=O) groups excluding carboxylic acids is 1. The molecule has 2 aromatic carbocycles. The standard InChI is InChI=1S/C27H29ClF3N3O4/c28-22-14-23-24(13-21(22)17-4-6-20(7-5-17)38-27(29,30)31)37-26(33-23)34-10-8-18(9-11-34)25(36)32-19-3-1-2-16(12-19)15-35/h4-7,13-14,16,18-19,35H,1-3,8-12,15H2,(H,32,36)/t16-,19-/m0/s1. The van der Waals surface area contributed by atoms with Crippen molar-refractivity contribution in [3.8, 4) is 16.9 Å². The van der Waals surface area contributed by atoms with Gasteiger partial charge in [0.05, 0.1) is 5.02 Å². The first-order valence-corrected chi connectivity index (χ1v) is 13.2. The van der Waals surface area contributed by atoms with Crippen LogP contribution in [0.15, 0.2) is 40.8 Å². The molecule has 2 atom stereocenters. The van der Waals surface area contributed by atoms with Crippen LogP contribution < -0.4 is 15.0 Å². The van der Waals surface area contributed by atoms with Crippen LogP contribution in [0.25, 0.3) is 22.2 Å². The third kappa shape index (κ3) is 6.18. The molecule has 0 bridgehead atoms. The predicted octanol–water partition coefficient (Wildman–Crippen LogP) is 5.93. The van der Waals surface area contributed by atoms with E-state index in [1.807, 2.05) is 4.90 Å². The summed E-state index contributed by atoms with van der Waals surface area (Å²) in [5, 5.41) is 13.0. The number of anilines is 1. The number of aliphatic hydroxyl groups excluding tert-OH is 1. The van der Waals surface area contributed by atoms with Gasteiger partial charge in [-0.2, -0.15) is 4.98 Å². The number of ether oxygens (including phenoxy) is 1. The molecule has 1 amide bonds. The molecule has 2 heterocycles. The van der Waals surface area contributed by atoms with Gasteiger partial charge in [0.25, 0.3) is 6.01 Å². The number of amides is 1. The third-order valence-electron chi connectivity index (χ3n) is 7.39. The number of fused-ring (bicyclic) bond motifs is 1. The molecule has 204 valence electrons. The monoisotopic (exact) mass is 551 g/mol. The molecule has 3 aromatic rings. The topological polar surface area (TPSA) is 87.8 Å². The molecule has 38 heavy (non-hydrogen) atoms. The van der Waals surface area contributed by atoms with E-state index < -0.39 is 6.36 Å². The summed E-state index contributed by atoms with van der Waals surface area (Å²) in [6.45, 7) is 1.41. The fourth-order valence-corrected chi connectivity index (χ4v) is 5.64. The molecular weight excluding hydrogens is 523 g/mol. The van der Waals surface area contributed by atoms with Gasteiger partial charge in [-0.25, -0.2) is 0 Å². The van der Waals surface area contributed by atoms with Gasteiger partial charge >= 0.3 is 6.36 Å². The molecule has 2 fully saturated rings. The molecule has 1 aromatic heterocycles. The second-order valence-corrected chi connectivity index (χ2v) is 10.5. The van der Waals surface area contributed by atoms with E-state index in [-0.39, 0.29) is 36.1 Å². The van der Waals surface area contributed by atoms with Gasteiger partial charge < -0.3 is 24.5 Å². The summed E-state index contributed by atoms with van der Waals surface area (Å²) >= 11 is 6.47. The molecule has 1 aliphatic heterocycles. The molecule has 11 heteroatoms. The number of carbonyl (C=O) groups is 1. The Balaban J connectivity index is 1.22. The molecule has 0 unspecified atom stereocenters. The summed E-state index contributed by atoms with van der Waals surface area (Å²) in [4.78, 5) is 19.4. The van der Waals surface area contributed by atoms with E-state index in [9.17, 15) is 23.1 Å². The average molecular weight is 552 g/mol. The van der Waals surface area contributed by atoms with Gasteiger partial charge in [-0.05, 0) is 67.9 Å². The Morgan fingerprint density at radius 1 is 1.16 bits per heavy atom. The minimum atomic E-state index is -4.76. The van der Waals surface area contributed by atoms with Crippen molar-refractivity contribution >= 4 is 34.6 Å². The number of hydrogen-bond donors (Lipinski definition) is 2. The third-order valence-corrected chi connectivity index (χ3v) is 7.70. The summed E-state index contributed by atoms with van der Waals surface area (Å²) in [6.07, 6.45) is 0.432. The highest BCUT2D eigenvalue weighted by Gasteiger charge is 2.32. The number of nitrogens with one attached hydrogen (secondary N) is 1. The molecule has 0 spiro atoms. The van der Waals surface area contributed by atoms with Crippen molar-refractivity contribution in [3.05, 3.63) is 41.4 Å². The number of alkyl halides is 3. The van der Waals surface area contributed by atoms with Crippen LogP contribution >= 0.6 is 11.6 Å². The van der Waals surface area contributed by atoms with Crippen LogP contribution in [-0.4, -0.2) is 48.1 Å². The molecule has 7 nitrogen and oxygen atoms in total. The minimum Gasteiger partial charge on any atom is -0.423 e. The average Bonchev–Trinajstić information content (AvgIpc) is 3.31. The van der Waals surface area contributed by atoms with E-state index >= 15 is 0 Å². The van der Waals surface area contributed by atoms with Crippen molar-refractivity contribution in [2.24, 2.45) is 11.8 Å². The molecule has 1 aliphatic carbocycles. The number of halogens is 4. The van der Waals surface area contributed by atoms with Crippen molar-refractivity contribution in [2.45, 2.75) is 50.9 Å². The first-order chi connectivity index (χ1) is 18.2. The van der Waals surface area contributed by atoms with Gasteiger partial charge in [-0.15, -0.1) is 13.2 Å². The summed E-state index contributed by atoms with van der Waals surface area (Å²) in [5.74, 6) is -0.0400. The number of piperidine rings is 1. The van der Waals surface area contributed by atoms with E-state index in [1.165, 1.54) is 24.3 Å². The van der Waals surface area contributed by atoms with Crippen molar-refractivity contribution in [1.82, 2.24) is 10.3 Å². The van der Waals surface area contributed by atoms with Crippen molar-refractivity contribution < 1.29 is 32.2 Å². The first-order valence-electron chi connectivity index (χ1n) is 12.8. The zero-order valence-electron chi connectivity index (χ0n) is 20.6. The van der Waals surface area contributed by atoms with Gasteiger partial charge in [-0.3, -0.25) is 4.79 Å². The maximum atomic E-state index is 12.8. The van der Waals surface area contributed by atoms with Crippen LogP contribution in [-0.2, 0) is 4.79 Å². The quantitative estimate of drug-likeness (QED) is 0.395. The molecule has 0 radical (unpaired) electrons. The second kappa shape index (κ2) is 11.0. The van der Waals surface area contributed by atoms with E-state index in [2.05, 4.69) is 15.0 Å². The molecule has 1 saturated heterocycles. The summed E-state index contributed by atoms with van der Waals surface area (Å²) in [7, 11) is 0. The summed E-state index contributed by atoms with van der Waals surface area (Å²) < 4.78 is 47.3. The van der Waals surface area contributed by atoms with E-state index in [0.717, 1.165) is 25.7 Å². The summed E-state index contributed by atoms with van der Waals surface area (Å²) in [5.41, 5.74) is 2.29. The van der Waals surface area contributed by atoms with Gasteiger partial charge in [0.2, 0.25) is 5.91 Å². The Labute approximate surface area is 222 Å². The van der Waals surface area contributed by atoms with Gasteiger partial charge in [0.15, 0.2) is 5.58 Å². The Kier molecular flexibility index (Phi) is 7.72. The highest BCUT2D eigenvalue weighted by atomic mass is 35.5. The van der Waals surface area contributed by atoms with Crippen molar-refractivity contribution in [3.63, 3.8) is 0 Å². The normalized spacial score (nSPS) is 21.0. The number of aliphatic hydroxyl groups is 1. The van der Waals surface area contributed by atoms with E-state index in [0.29, 0.717) is 59.2 Å². The van der Waals surface area contributed by atoms with Crippen LogP contribution in [0.2, 0.25) is 5.02 Å². The van der Waals surface area contributed by atoms with Crippen molar-refractivity contribution in [2.75, 3.05) is 24.6 Å². The van der Waals surface area contributed by atoms with Crippen LogP contribution in [0.3, 0.4) is 0 Å². The molecule has 2 aliphatic rings. The zero-order valence-corrected chi connectivity index (χ0v) is 21.4. The predicted molar refractivity (Wildman–Crippen MR) is 137 cm³/mol. The fraction of sp³-hybridized carbons (Fsp3) is 0.481. The van der Waals surface area contributed by atoms with Gasteiger partial charge in [0, 0.05) is 37.2 Å². The SMILES string of the molecule is O=C(N[C@H]1CCC[C@H](CO)C1)C1CCN(c2nc3cc(Cl)c(-c4ccc(OC(F)(F)F)cc4)cc3o2)CC1. The highest BCUT2D eigenvalue weighted by Crippen LogP contribution is 2.36. The number of benzene rings is 2. The number of aromatic nitrogens is 1. The number of nitrogens with zero attached hydrogens (tertiary/aromatic N) is 2. The van der Waals surface area contributed by atoms with Gasteiger partial charge in [-0.1, -0.05) is 30.2 Å². The largest absolute Gasteiger partial charge is 0.573 e. The van der Waals surface area contributed by atoms with Crippen LogP contribution in [0.4, 0.5) is 19.2 Å². The molecule has 5 rings (SSSR count). The Morgan fingerprint density at radius 3 is 2.58 bits per heavy atom. The number of rotatable bonds is 6. The molecular formula is C27H29ClF3N3O4. The summed E-state index contributed by atoms with van der Waals surface area (Å²) in [6, 6.07) is 9.43. The van der Waals surface area contributed by atoms with Crippen molar-refractivity contribution in [1.29, 1.82) is 0 Å². The lowest BCUT2D eigenvalue weighted by Crippen LogP contribution is -2.45. The van der Waals surface area contributed by atoms with Crippen LogP contribution in [0.1, 0.15) is 38.5 Å². The lowest BCUT2D eigenvalue weighted by molar-refractivity contribution is -0.274.